The molecule has 25 heavy (non-hydrogen) atoms. The minimum atomic E-state index is -0.0707. The zero-order valence-electron chi connectivity index (χ0n) is 14.3. The summed E-state index contributed by atoms with van der Waals surface area (Å²) in [5.74, 6) is 0.341. The SMILES string of the molecule is O=C(NC1CCCCCN(C(=O)c2ccncc2Cl)C1)C1CC12CC2. The van der Waals surface area contributed by atoms with Crippen LogP contribution >= 0.6 is 11.6 Å². The van der Waals surface area contributed by atoms with Gasteiger partial charge in [-0.25, -0.2) is 0 Å². The first kappa shape index (κ1) is 16.8. The molecule has 3 aliphatic rings. The maximum absolute atomic E-state index is 12.9. The van der Waals surface area contributed by atoms with E-state index in [9.17, 15) is 9.59 Å². The van der Waals surface area contributed by atoms with Gasteiger partial charge in [-0.1, -0.05) is 24.4 Å². The summed E-state index contributed by atoms with van der Waals surface area (Å²) >= 11 is 6.14. The number of carbonyl (C=O) groups excluding carboxylic acids is 2. The fourth-order valence-electron chi connectivity index (χ4n) is 4.07. The molecule has 2 unspecified atom stereocenters. The average Bonchev–Trinajstić information content (AvgIpc) is 3.49. The second-order valence-electron chi connectivity index (χ2n) is 7.78. The van der Waals surface area contributed by atoms with E-state index >= 15 is 0 Å². The van der Waals surface area contributed by atoms with Gasteiger partial charge in [0, 0.05) is 37.4 Å². The number of likely N-dealkylation sites (tertiary alicyclic amines) is 1. The first-order valence-corrected chi connectivity index (χ1v) is 9.66. The Hall–Kier alpha value is -1.62. The van der Waals surface area contributed by atoms with Crippen LogP contribution in [0.1, 0.15) is 55.3 Å². The summed E-state index contributed by atoms with van der Waals surface area (Å²) in [6, 6.07) is 1.70. The number of nitrogens with one attached hydrogen (secondary N) is 1. The summed E-state index contributed by atoms with van der Waals surface area (Å²) in [4.78, 5) is 31.1. The molecule has 4 rings (SSSR count). The molecule has 2 aliphatic carbocycles. The van der Waals surface area contributed by atoms with Gasteiger partial charge in [0.05, 0.1) is 10.6 Å². The van der Waals surface area contributed by atoms with E-state index in [0.717, 1.165) is 32.1 Å². The minimum Gasteiger partial charge on any atom is -0.351 e. The lowest BCUT2D eigenvalue weighted by Crippen LogP contribution is -2.47. The van der Waals surface area contributed by atoms with Crippen molar-refractivity contribution < 1.29 is 9.59 Å². The highest BCUT2D eigenvalue weighted by molar-refractivity contribution is 6.33. The van der Waals surface area contributed by atoms with Gasteiger partial charge in [-0.15, -0.1) is 0 Å². The quantitative estimate of drug-likeness (QED) is 0.900. The smallest absolute Gasteiger partial charge is 0.255 e. The predicted octanol–water partition coefficient (Wildman–Crippen LogP) is 3.04. The summed E-state index contributed by atoms with van der Waals surface area (Å²) in [5.41, 5.74) is 0.854. The van der Waals surface area contributed by atoms with E-state index in [1.54, 1.807) is 12.3 Å². The Morgan fingerprint density at radius 2 is 2.12 bits per heavy atom. The number of amides is 2. The standard InChI is InChI=1S/C19H24ClN3O2/c20-16-11-21-8-5-14(16)18(25)23-9-3-1-2-4-13(12-23)22-17(24)15-10-19(15)6-7-19/h5,8,11,13,15H,1-4,6-7,9-10,12H2,(H,22,24). The fourth-order valence-corrected chi connectivity index (χ4v) is 4.27. The van der Waals surface area contributed by atoms with Gasteiger partial charge in [0.25, 0.3) is 5.91 Å². The number of hydrogen-bond acceptors (Lipinski definition) is 3. The Labute approximate surface area is 153 Å². The maximum atomic E-state index is 12.9. The number of nitrogens with zero attached hydrogens (tertiary/aromatic N) is 2. The van der Waals surface area contributed by atoms with E-state index in [-0.39, 0.29) is 23.8 Å². The molecule has 6 heteroatoms. The molecule has 3 fully saturated rings. The number of rotatable bonds is 3. The van der Waals surface area contributed by atoms with E-state index in [1.165, 1.54) is 19.0 Å². The molecule has 2 saturated carbocycles. The molecule has 1 aromatic heterocycles. The molecule has 2 amide bonds. The van der Waals surface area contributed by atoms with Crippen molar-refractivity contribution in [2.45, 2.75) is 51.0 Å². The molecule has 0 aromatic carbocycles. The molecule has 2 atom stereocenters. The summed E-state index contributed by atoms with van der Waals surface area (Å²) in [5, 5.41) is 3.60. The summed E-state index contributed by atoms with van der Waals surface area (Å²) < 4.78 is 0. The number of pyridine rings is 1. The first-order chi connectivity index (χ1) is 12.1. The van der Waals surface area contributed by atoms with Crippen LogP contribution in [-0.4, -0.2) is 40.8 Å². The Kier molecular flexibility index (Phi) is 4.44. The van der Waals surface area contributed by atoms with Gasteiger partial charge in [-0.3, -0.25) is 14.6 Å². The molecule has 2 heterocycles. The van der Waals surface area contributed by atoms with Crippen molar-refractivity contribution in [3.05, 3.63) is 29.0 Å². The van der Waals surface area contributed by atoms with Crippen LogP contribution in [0.2, 0.25) is 5.02 Å². The highest BCUT2D eigenvalue weighted by atomic mass is 35.5. The molecule has 1 spiro atoms. The van der Waals surface area contributed by atoms with Crippen molar-refractivity contribution in [3.63, 3.8) is 0 Å². The zero-order valence-corrected chi connectivity index (χ0v) is 15.1. The summed E-state index contributed by atoms with van der Waals surface area (Å²) in [6.07, 6.45) is 10.7. The third kappa shape index (κ3) is 3.52. The van der Waals surface area contributed by atoms with Gasteiger partial charge in [0.2, 0.25) is 5.91 Å². The lowest BCUT2D eigenvalue weighted by atomic mass is 10.0. The number of aromatic nitrogens is 1. The van der Waals surface area contributed by atoms with Gasteiger partial charge in [0.15, 0.2) is 0 Å². The van der Waals surface area contributed by atoms with E-state index < -0.39 is 0 Å². The largest absolute Gasteiger partial charge is 0.351 e. The normalized spacial score (nSPS) is 27.3. The molecule has 1 aromatic rings. The van der Waals surface area contributed by atoms with Crippen molar-refractivity contribution in [1.82, 2.24) is 15.2 Å². The van der Waals surface area contributed by atoms with Crippen LogP contribution in [0.4, 0.5) is 0 Å². The Balaban J connectivity index is 1.43. The van der Waals surface area contributed by atoms with Gasteiger partial charge in [0.1, 0.15) is 0 Å². The van der Waals surface area contributed by atoms with Crippen molar-refractivity contribution in [1.29, 1.82) is 0 Å². The van der Waals surface area contributed by atoms with Crippen LogP contribution in [0, 0.1) is 11.3 Å². The molecule has 1 aliphatic heterocycles. The molecule has 0 radical (unpaired) electrons. The lowest BCUT2D eigenvalue weighted by Gasteiger charge is -2.31. The van der Waals surface area contributed by atoms with Crippen LogP contribution in [-0.2, 0) is 4.79 Å². The van der Waals surface area contributed by atoms with Crippen LogP contribution in [0.5, 0.6) is 0 Å². The Morgan fingerprint density at radius 1 is 1.28 bits per heavy atom. The van der Waals surface area contributed by atoms with Crippen molar-refractivity contribution in [3.8, 4) is 0 Å². The van der Waals surface area contributed by atoms with Gasteiger partial charge in [-0.2, -0.15) is 0 Å². The predicted molar refractivity (Wildman–Crippen MR) is 95.3 cm³/mol. The highest BCUT2D eigenvalue weighted by Gasteiger charge is 2.65. The monoisotopic (exact) mass is 361 g/mol. The Morgan fingerprint density at radius 3 is 2.84 bits per heavy atom. The molecule has 0 bridgehead atoms. The molecule has 1 saturated heterocycles. The van der Waals surface area contributed by atoms with E-state index in [0.29, 0.717) is 29.1 Å². The Bertz CT molecular complexity index is 689. The third-order valence-electron chi connectivity index (χ3n) is 5.96. The van der Waals surface area contributed by atoms with Crippen LogP contribution in [0.15, 0.2) is 18.5 Å². The van der Waals surface area contributed by atoms with Crippen molar-refractivity contribution >= 4 is 23.4 Å². The number of carbonyl (C=O) groups is 2. The topological polar surface area (TPSA) is 62.3 Å². The average molecular weight is 362 g/mol. The fraction of sp³-hybridized carbons (Fsp3) is 0.632. The van der Waals surface area contributed by atoms with E-state index in [4.69, 9.17) is 11.6 Å². The van der Waals surface area contributed by atoms with Gasteiger partial charge < -0.3 is 10.2 Å². The van der Waals surface area contributed by atoms with Crippen molar-refractivity contribution in [2.24, 2.45) is 11.3 Å². The van der Waals surface area contributed by atoms with E-state index in [2.05, 4.69) is 10.3 Å². The molecule has 5 nitrogen and oxygen atoms in total. The summed E-state index contributed by atoms with van der Waals surface area (Å²) in [7, 11) is 0. The van der Waals surface area contributed by atoms with Gasteiger partial charge >= 0.3 is 0 Å². The molecule has 1 N–H and O–H groups in total. The maximum Gasteiger partial charge on any atom is 0.255 e. The summed E-state index contributed by atoms with van der Waals surface area (Å²) in [6.45, 7) is 1.26. The van der Waals surface area contributed by atoms with Crippen LogP contribution < -0.4 is 5.32 Å². The second kappa shape index (κ2) is 6.60. The lowest BCUT2D eigenvalue weighted by molar-refractivity contribution is -0.123. The highest BCUT2D eigenvalue weighted by Crippen LogP contribution is 2.70. The van der Waals surface area contributed by atoms with Crippen molar-refractivity contribution in [2.75, 3.05) is 13.1 Å². The van der Waals surface area contributed by atoms with Crippen LogP contribution in [0.25, 0.3) is 0 Å². The number of hydrogen-bond donors (Lipinski definition) is 1. The zero-order chi connectivity index (χ0) is 17.4. The first-order valence-electron chi connectivity index (χ1n) is 9.28. The molecular weight excluding hydrogens is 338 g/mol. The number of halogens is 1. The molecular formula is C19H24ClN3O2. The molecule has 134 valence electrons. The second-order valence-corrected chi connectivity index (χ2v) is 8.19. The minimum absolute atomic E-state index is 0.0359. The van der Waals surface area contributed by atoms with Gasteiger partial charge in [-0.05, 0) is 43.6 Å². The third-order valence-corrected chi connectivity index (χ3v) is 6.26. The van der Waals surface area contributed by atoms with Crippen LogP contribution in [0.3, 0.4) is 0 Å². The van der Waals surface area contributed by atoms with E-state index in [1.807, 2.05) is 4.90 Å².